The van der Waals surface area contributed by atoms with Crippen molar-refractivity contribution in [2.24, 2.45) is 5.92 Å². The molecule has 0 atom stereocenters. The Morgan fingerprint density at radius 2 is 2.20 bits per heavy atom. The number of hydrogen-bond acceptors (Lipinski definition) is 4. The summed E-state index contributed by atoms with van der Waals surface area (Å²) >= 11 is 1.67. The van der Waals surface area contributed by atoms with Gasteiger partial charge < -0.3 is 10.2 Å². The Bertz CT molecular complexity index is 436. The fourth-order valence-corrected chi connectivity index (χ4v) is 3.41. The van der Waals surface area contributed by atoms with Gasteiger partial charge in [0.05, 0.1) is 5.01 Å². The summed E-state index contributed by atoms with van der Waals surface area (Å²) in [6, 6.07) is 0.590. The fourth-order valence-electron chi connectivity index (χ4n) is 2.63. The Hall–Kier alpha value is -0.940. The zero-order valence-corrected chi connectivity index (χ0v) is 13.5. The van der Waals surface area contributed by atoms with E-state index in [1.165, 1.54) is 0 Å². The highest BCUT2D eigenvalue weighted by atomic mass is 32.1. The van der Waals surface area contributed by atoms with Crippen LogP contribution in [0.1, 0.15) is 37.4 Å². The molecule has 0 bridgehead atoms. The molecule has 4 nitrogen and oxygen atoms in total. The van der Waals surface area contributed by atoms with Crippen LogP contribution in [-0.4, -0.2) is 41.5 Å². The molecule has 1 aromatic rings. The summed E-state index contributed by atoms with van der Waals surface area (Å²) in [7, 11) is 0. The summed E-state index contributed by atoms with van der Waals surface area (Å²) in [5, 5.41) is 6.23. The van der Waals surface area contributed by atoms with Crippen LogP contribution < -0.4 is 5.32 Å². The van der Waals surface area contributed by atoms with Gasteiger partial charge in [0.2, 0.25) is 5.91 Å². The fraction of sp³-hybridized carbons (Fsp3) is 0.733. The molecular formula is C15H25N3OS. The third-order valence-electron chi connectivity index (χ3n) is 3.94. The second-order valence-corrected chi connectivity index (χ2v) is 6.77. The van der Waals surface area contributed by atoms with Crippen LogP contribution in [0, 0.1) is 12.8 Å². The molecule has 1 saturated heterocycles. The summed E-state index contributed by atoms with van der Waals surface area (Å²) in [4.78, 5) is 19.0. The number of aryl methyl sites for hydroxylation is 1. The number of carbonyl (C=O) groups excluding carboxylic acids is 1. The van der Waals surface area contributed by atoms with Gasteiger partial charge in [-0.3, -0.25) is 4.79 Å². The number of likely N-dealkylation sites (tertiary alicyclic amines) is 1. The Morgan fingerprint density at radius 1 is 1.50 bits per heavy atom. The van der Waals surface area contributed by atoms with E-state index in [4.69, 9.17) is 0 Å². The van der Waals surface area contributed by atoms with Gasteiger partial charge in [0, 0.05) is 36.0 Å². The molecule has 2 heterocycles. The molecule has 0 unspecified atom stereocenters. The lowest BCUT2D eigenvalue weighted by atomic mass is 9.95. The van der Waals surface area contributed by atoms with Gasteiger partial charge in [0.25, 0.3) is 0 Å². The summed E-state index contributed by atoms with van der Waals surface area (Å²) in [6.45, 7) is 9.23. The van der Waals surface area contributed by atoms with E-state index in [-0.39, 0.29) is 11.8 Å². The lowest BCUT2D eigenvalue weighted by Gasteiger charge is -2.33. The molecule has 2 rings (SSSR count). The van der Waals surface area contributed by atoms with Crippen LogP contribution >= 0.6 is 11.3 Å². The molecular weight excluding hydrogens is 270 g/mol. The molecule has 1 amide bonds. The number of rotatable bonds is 5. The van der Waals surface area contributed by atoms with Crippen molar-refractivity contribution in [3.63, 3.8) is 0 Å². The molecule has 0 saturated carbocycles. The second-order valence-electron chi connectivity index (χ2n) is 5.83. The topological polar surface area (TPSA) is 45.2 Å². The number of amides is 1. The van der Waals surface area contributed by atoms with E-state index in [1.807, 2.05) is 6.92 Å². The van der Waals surface area contributed by atoms with E-state index in [0.717, 1.165) is 43.1 Å². The third-order valence-corrected chi connectivity index (χ3v) is 4.96. The maximum atomic E-state index is 12.1. The van der Waals surface area contributed by atoms with E-state index in [0.29, 0.717) is 12.6 Å². The van der Waals surface area contributed by atoms with Crippen molar-refractivity contribution in [1.82, 2.24) is 15.2 Å². The van der Waals surface area contributed by atoms with Crippen LogP contribution in [0.25, 0.3) is 0 Å². The first-order valence-electron chi connectivity index (χ1n) is 7.49. The second kappa shape index (κ2) is 7.18. The Balaban J connectivity index is 1.68. The summed E-state index contributed by atoms with van der Waals surface area (Å²) in [5.41, 5.74) is 1.07. The van der Waals surface area contributed by atoms with Gasteiger partial charge in [0.1, 0.15) is 0 Å². The molecule has 1 N–H and O–H groups in total. The largest absolute Gasteiger partial charge is 0.355 e. The molecule has 0 spiro atoms. The average molecular weight is 295 g/mol. The molecule has 0 aliphatic carbocycles. The van der Waals surface area contributed by atoms with Gasteiger partial charge in [-0.25, -0.2) is 4.98 Å². The van der Waals surface area contributed by atoms with Gasteiger partial charge in [0.15, 0.2) is 0 Å². The first kappa shape index (κ1) is 15.4. The summed E-state index contributed by atoms with van der Waals surface area (Å²) in [6.07, 6.45) is 2.82. The molecule has 1 aliphatic rings. The maximum absolute atomic E-state index is 12.1. The Kier molecular flexibility index (Phi) is 5.54. The number of nitrogens with one attached hydrogen (secondary N) is 1. The Labute approximate surface area is 125 Å². The molecule has 20 heavy (non-hydrogen) atoms. The van der Waals surface area contributed by atoms with Crippen molar-refractivity contribution in [3.8, 4) is 0 Å². The molecule has 1 aromatic heterocycles. The third kappa shape index (κ3) is 4.28. The zero-order valence-electron chi connectivity index (χ0n) is 12.7. The van der Waals surface area contributed by atoms with E-state index in [9.17, 15) is 4.79 Å². The maximum Gasteiger partial charge on any atom is 0.223 e. The molecule has 5 heteroatoms. The van der Waals surface area contributed by atoms with Crippen molar-refractivity contribution in [1.29, 1.82) is 0 Å². The Morgan fingerprint density at radius 3 is 2.75 bits per heavy atom. The molecule has 112 valence electrons. The lowest BCUT2D eigenvalue weighted by molar-refractivity contribution is -0.126. The highest BCUT2D eigenvalue weighted by Crippen LogP contribution is 2.19. The van der Waals surface area contributed by atoms with Crippen LogP contribution in [0.2, 0.25) is 0 Å². The van der Waals surface area contributed by atoms with Crippen LogP contribution in [0.5, 0.6) is 0 Å². The highest BCUT2D eigenvalue weighted by molar-refractivity contribution is 7.09. The minimum atomic E-state index is 0.197. The SMILES string of the molecule is Cc1csc(CCNC(=O)C2CCN(C(C)C)CC2)n1. The van der Waals surface area contributed by atoms with Crippen molar-refractivity contribution >= 4 is 17.2 Å². The monoisotopic (exact) mass is 295 g/mol. The predicted molar refractivity (Wildman–Crippen MR) is 83.0 cm³/mol. The normalized spacial score (nSPS) is 17.6. The molecule has 1 aliphatic heterocycles. The van der Waals surface area contributed by atoms with E-state index in [2.05, 4.69) is 34.4 Å². The molecule has 0 aromatic carbocycles. The number of piperidine rings is 1. The first-order valence-corrected chi connectivity index (χ1v) is 8.37. The zero-order chi connectivity index (χ0) is 14.5. The van der Waals surface area contributed by atoms with Crippen molar-refractivity contribution in [2.45, 2.75) is 46.1 Å². The molecule has 1 fully saturated rings. The predicted octanol–water partition coefficient (Wildman–Crippen LogP) is 2.23. The van der Waals surface area contributed by atoms with Crippen molar-refractivity contribution in [3.05, 3.63) is 16.1 Å². The minimum Gasteiger partial charge on any atom is -0.355 e. The van der Waals surface area contributed by atoms with Gasteiger partial charge >= 0.3 is 0 Å². The number of hydrogen-bond donors (Lipinski definition) is 1. The van der Waals surface area contributed by atoms with Crippen LogP contribution in [0.3, 0.4) is 0 Å². The molecule has 0 radical (unpaired) electrons. The number of thiazole rings is 1. The number of aromatic nitrogens is 1. The van der Waals surface area contributed by atoms with Gasteiger partial charge in [-0.2, -0.15) is 0 Å². The van der Waals surface area contributed by atoms with Crippen LogP contribution in [-0.2, 0) is 11.2 Å². The highest BCUT2D eigenvalue weighted by Gasteiger charge is 2.25. The van der Waals surface area contributed by atoms with Gasteiger partial charge in [-0.1, -0.05) is 0 Å². The number of nitrogens with zero attached hydrogens (tertiary/aromatic N) is 2. The van der Waals surface area contributed by atoms with Crippen LogP contribution in [0.4, 0.5) is 0 Å². The standard InChI is InChI=1S/C15H25N3OS/c1-11(2)18-8-5-13(6-9-18)15(19)16-7-4-14-17-12(3)10-20-14/h10-11,13H,4-9H2,1-3H3,(H,16,19). The summed E-state index contributed by atoms with van der Waals surface area (Å²) < 4.78 is 0. The van der Waals surface area contributed by atoms with E-state index < -0.39 is 0 Å². The lowest BCUT2D eigenvalue weighted by Crippen LogP contribution is -2.43. The minimum absolute atomic E-state index is 0.197. The summed E-state index contributed by atoms with van der Waals surface area (Å²) in [5.74, 6) is 0.421. The van der Waals surface area contributed by atoms with Crippen LogP contribution in [0.15, 0.2) is 5.38 Å². The van der Waals surface area contributed by atoms with Gasteiger partial charge in [-0.05, 0) is 46.7 Å². The van der Waals surface area contributed by atoms with Crippen molar-refractivity contribution < 1.29 is 4.79 Å². The smallest absolute Gasteiger partial charge is 0.223 e. The first-order chi connectivity index (χ1) is 9.56. The van der Waals surface area contributed by atoms with Crippen molar-refractivity contribution in [2.75, 3.05) is 19.6 Å². The van der Waals surface area contributed by atoms with Gasteiger partial charge in [-0.15, -0.1) is 11.3 Å². The number of carbonyl (C=O) groups is 1. The van der Waals surface area contributed by atoms with E-state index in [1.54, 1.807) is 11.3 Å². The average Bonchev–Trinajstić information content (AvgIpc) is 2.84. The quantitative estimate of drug-likeness (QED) is 0.906. The van der Waals surface area contributed by atoms with E-state index >= 15 is 0 Å².